The standard InChI is InChI=1S/C10H13N3O2/c1-8(2)13-6-5-12(10(13)14)7-9-3-4-11-15-9/h3-6,8H,7H2,1-2H3. The van der Waals surface area contributed by atoms with Crippen molar-refractivity contribution in [3.8, 4) is 0 Å². The molecule has 2 heterocycles. The maximum atomic E-state index is 11.8. The molecule has 80 valence electrons. The van der Waals surface area contributed by atoms with Gasteiger partial charge < -0.3 is 4.52 Å². The number of imidazole rings is 1. The highest BCUT2D eigenvalue weighted by Crippen LogP contribution is 2.02. The van der Waals surface area contributed by atoms with E-state index in [2.05, 4.69) is 5.16 Å². The number of nitrogens with zero attached hydrogens (tertiary/aromatic N) is 3. The number of hydrogen-bond donors (Lipinski definition) is 0. The Morgan fingerprint density at radius 3 is 2.80 bits per heavy atom. The predicted octanol–water partition coefficient (Wildman–Crippen LogP) is 1.27. The summed E-state index contributed by atoms with van der Waals surface area (Å²) in [5, 5.41) is 3.59. The lowest BCUT2D eigenvalue weighted by molar-refractivity contribution is 0.374. The largest absolute Gasteiger partial charge is 0.359 e. The monoisotopic (exact) mass is 207 g/mol. The topological polar surface area (TPSA) is 53.0 Å². The predicted molar refractivity (Wildman–Crippen MR) is 54.7 cm³/mol. The summed E-state index contributed by atoms with van der Waals surface area (Å²) in [6, 6.07) is 1.92. The summed E-state index contributed by atoms with van der Waals surface area (Å²) in [4.78, 5) is 11.8. The van der Waals surface area contributed by atoms with Gasteiger partial charge in [0.2, 0.25) is 0 Å². The fourth-order valence-corrected chi connectivity index (χ4v) is 1.43. The molecule has 2 aromatic rings. The molecule has 5 nitrogen and oxygen atoms in total. The van der Waals surface area contributed by atoms with Crippen LogP contribution in [-0.4, -0.2) is 14.3 Å². The molecule has 2 rings (SSSR count). The SMILES string of the molecule is CC(C)n1ccn(Cc2ccno2)c1=O. The van der Waals surface area contributed by atoms with Crippen LogP contribution in [0.1, 0.15) is 25.6 Å². The molecule has 0 aliphatic carbocycles. The van der Waals surface area contributed by atoms with E-state index in [1.165, 1.54) is 0 Å². The molecule has 0 bridgehead atoms. The third-order valence-electron chi connectivity index (χ3n) is 2.25. The van der Waals surface area contributed by atoms with Crippen LogP contribution < -0.4 is 5.69 Å². The van der Waals surface area contributed by atoms with E-state index in [-0.39, 0.29) is 11.7 Å². The molecule has 5 heteroatoms. The minimum atomic E-state index is -0.0265. The maximum Gasteiger partial charge on any atom is 0.328 e. The van der Waals surface area contributed by atoms with Crippen molar-refractivity contribution >= 4 is 0 Å². The van der Waals surface area contributed by atoms with Crippen molar-refractivity contribution in [1.82, 2.24) is 14.3 Å². The van der Waals surface area contributed by atoms with Crippen molar-refractivity contribution in [3.05, 3.63) is 40.9 Å². The molecule has 0 unspecified atom stereocenters. The molecular formula is C10H13N3O2. The van der Waals surface area contributed by atoms with Gasteiger partial charge in [0.05, 0.1) is 12.7 Å². The average molecular weight is 207 g/mol. The first-order valence-corrected chi connectivity index (χ1v) is 4.85. The van der Waals surface area contributed by atoms with Crippen LogP contribution in [0.5, 0.6) is 0 Å². The van der Waals surface area contributed by atoms with Gasteiger partial charge >= 0.3 is 5.69 Å². The van der Waals surface area contributed by atoms with Crippen molar-refractivity contribution < 1.29 is 4.52 Å². The first-order valence-electron chi connectivity index (χ1n) is 4.85. The molecule has 0 aliphatic rings. The summed E-state index contributed by atoms with van der Waals surface area (Å²) in [7, 11) is 0. The van der Waals surface area contributed by atoms with Gasteiger partial charge in [0.25, 0.3) is 0 Å². The maximum absolute atomic E-state index is 11.8. The van der Waals surface area contributed by atoms with Crippen LogP contribution in [0.3, 0.4) is 0 Å². The summed E-state index contributed by atoms with van der Waals surface area (Å²) in [6.45, 7) is 4.37. The Balaban J connectivity index is 2.27. The second-order valence-corrected chi connectivity index (χ2v) is 3.69. The Morgan fingerprint density at radius 2 is 2.27 bits per heavy atom. The van der Waals surface area contributed by atoms with E-state index < -0.39 is 0 Å². The van der Waals surface area contributed by atoms with Crippen LogP contribution in [0, 0.1) is 0 Å². The molecule has 0 aliphatic heterocycles. The smallest absolute Gasteiger partial charge is 0.328 e. The van der Waals surface area contributed by atoms with Crippen molar-refractivity contribution in [2.24, 2.45) is 0 Å². The van der Waals surface area contributed by atoms with E-state index in [9.17, 15) is 4.79 Å². The lowest BCUT2D eigenvalue weighted by atomic mass is 10.4. The Bertz CT molecular complexity index is 479. The molecule has 15 heavy (non-hydrogen) atoms. The van der Waals surface area contributed by atoms with Crippen molar-refractivity contribution in [1.29, 1.82) is 0 Å². The second kappa shape index (κ2) is 3.76. The number of rotatable bonds is 3. The first kappa shape index (κ1) is 9.76. The highest BCUT2D eigenvalue weighted by Gasteiger charge is 2.07. The lowest BCUT2D eigenvalue weighted by Crippen LogP contribution is -2.25. The molecule has 0 saturated heterocycles. The molecule has 0 spiro atoms. The van der Waals surface area contributed by atoms with Gasteiger partial charge in [0, 0.05) is 24.5 Å². The van der Waals surface area contributed by atoms with Gasteiger partial charge in [0.1, 0.15) is 0 Å². The Hall–Kier alpha value is -1.78. The van der Waals surface area contributed by atoms with Gasteiger partial charge in [-0.2, -0.15) is 0 Å². The van der Waals surface area contributed by atoms with Crippen LogP contribution in [0.2, 0.25) is 0 Å². The third-order valence-corrected chi connectivity index (χ3v) is 2.25. The van der Waals surface area contributed by atoms with E-state index >= 15 is 0 Å². The van der Waals surface area contributed by atoms with Crippen molar-refractivity contribution in [2.75, 3.05) is 0 Å². The molecule has 0 atom stereocenters. The molecule has 0 saturated carbocycles. The molecule has 0 amide bonds. The first-order chi connectivity index (χ1) is 7.18. The minimum Gasteiger partial charge on any atom is -0.359 e. The van der Waals surface area contributed by atoms with E-state index in [1.807, 2.05) is 13.8 Å². The number of aromatic nitrogens is 3. The van der Waals surface area contributed by atoms with Crippen LogP contribution in [0.25, 0.3) is 0 Å². The van der Waals surface area contributed by atoms with Crippen molar-refractivity contribution in [3.63, 3.8) is 0 Å². The van der Waals surface area contributed by atoms with E-state index in [0.717, 1.165) is 0 Å². The fraction of sp³-hybridized carbons (Fsp3) is 0.400. The molecule has 0 fully saturated rings. The summed E-state index contributed by atoms with van der Waals surface area (Å²) in [5.74, 6) is 0.679. The van der Waals surface area contributed by atoms with Crippen molar-refractivity contribution in [2.45, 2.75) is 26.4 Å². The quantitative estimate of drug-likeness (QED) is 0.761. The molecule has 0 radical (unpaired) electrons. The van der Waals surface area contributed by atoms with Crippen LogP contribution in [0.4, 0.5) is 0 Å². The highest BCUT2D eigenvalue weighted by molar-refractivity contribution is 4.96. The van der Waals surface area contributed by atoms with E-state index in [0.29, 0.717) is 12.3 Å². The van der Waals surface area contributed by atoms with Crippen LogP contribution in [-0.2, 0) is 6.54 Å². The lowest BCUT2D eigenvalue weighted by Gasteiger charge is -2.03. The van der Waals surface area contributed by atoms with Gasteiger partial charge in [-0.15, -0.1) is 0 Å². The average Bonchev–Trinajstić information content (AvgIpc) is 2.78. The Labute approximate surface area is 86.9 Å². The van der Waals surface area contributed by atoms with Gasteiger partial charge in [-0.25, -0.2) is 4.79 Å². The summed E-state index contributed by atoms with van der Waals surface area (Å²) in [6.07, 6.45) is 5.11. The molecular weight excluding hydrogens is 194 g/mol. The summed E-state index contributed by atoms with van der Waals surface area (Å²) < 4.78 is 8.22. The summed E-state index contributed by atoms with van der Waals surface area (Å²) in [5.41, 5.74) is -0.0265. The Morgan fingerprint density at radius 1 is 1.47 bits per heavy atom. The molecule has 0 aromatic carbocycles. The van der Waals surface area contributed by atoms with Crippen LogP contribution >= 0.6 is 0 Å². The third kappa shape index (κ3) is 1.86. The van der Waals surface area contributed by atoms with Gasteiger partial charge in [0.15, 0.2) is 5.76 Å². The zero-order valence-electron chi connectivity index (χ0n) is 8.75. The zero-order valence-corrected chi connectivity index (χ0v) is 8.75. The molecule has 0 N–H and O–H groups in total. The zero-order chi connectivity index (χ0) is 10.8. The fourth-order valence-electron chi connectivity index (χ4n) is 1.43. The Kier molecular flexibility index (Phi) is 2.45. The summed E-state index contributed by atoms with van der Waals surface area (Å²) >= 11 is 0. The second-order valence-electron chi connectivity index (χ2n) is 3.69. The van der Waals surface area contributed by atoms with E-state index in [4.69, 9.17) is 4.52 Å². The normalized spacial score (nSPS) is 11.1. The molecule has 2 aromatic heterocycles. The number of hydrogen-bond acceptors (Lipinski definition) is 3. The van der Waals surface area contributed by atoms with Crippen LogP contribution in [0.15, 0.2) is 34.0 Å². The minimum absolute atomic E-state index is 0.0265. The van der Waals surface area contributed by atoms with E-state index in [1.54, 1.807) is 33.8 Å². The highest BCUT2D eigenvalue weighted by atomic mass is 16.5. The van der Waals surface area contributed by atoms with Gasteiger partial charge in [-0.1, -0.05) is 5.16 Å². The van der Waals surface area contributed by atoms with Gasteiger partial charge in [-0.3, -0.25) is 9.13 Å². The van der Waals surface area contributed by atoms with Gasteiger partial charge in [-0.05, 0) is 13.8 Å².